The molecule has 2 saturated heterocycles. The number of aromatic nitrogens is 1. The molecule has 5 rings (SSSR count). The Morgan fingerprint density at radius 3 is 2.55 bits per heavy atom. The highest BCUT2D eigenvalue weighted by atomic mass is 35.5. The second-order valence-electron chi connectivity index (χ2n) is 8.12. The van der Waals surface area contributed by atoms with Crippen molar-refractivity contribution in [2.45, 2.75) is 17.9 Å². The van der Waals surface area contributed by atoms with Gasteiger partial charge in [-0.15, -0.1) is 0 Å². The first-order valence-corrected chi connectivity index (χ1v) is 12.4. The molecule has 4 heterocycles. The number of thiophene rings is 1. The van der Waals surface area contributed by atoms with Crippen molar-refractivity contribution in [3.63, 3.8) is 0 Å². The van der Waals surface area contributed by atoms with Gasteiger partial charge in [0.2, 0.25) is 5.91 Å². The van der Waals surface area contributed by atoms with Crippen LogP contribution in [0.4, 0.5) is 5.82 Å². The number of rotatable bonds is 4. The Morgan fingerprint density at radius 1 is 1.09 bits per heavy atom. The lowest BCUT2D eigenvalue weighted by molar-refractivity contribution is -0.142. The molecular weight excluding hydrogens is 478 g/mol. The minimum Gasteiger partial charge on any atom is -0.378 e. The third-order valence-electron chi connectivity index (χ3n) is 6.34. The summed E-state index contributed by atoms with van der Waals surface area (Å²) in [6.45, 7) is 2.88. The van der Waals surface area contributed by atoms with Crippen LogP contribution in [0, 0.1) is 0 Å². The maximum atomic E-state index is 13.6. The van der Waals surface area contributed by atoms with Crippen molar-refractivity contribution in [2.75, 3.05) is 31.2 Å². The van der Waals surface area contributed by atoms with Gasteiger partial charge in [-0.2, -0.15) is 11.3 Å². The van der Waals surface area contributed by atoms with Gasteiger partial charge >= 0.3 is 0 Å². The normalized spacial score (nSPS) is 23.8. The van der Waals surface area contributed by atoms with Crippen LogP contribution in [0.1, 0.15) is 29.0 Å². The molecule has 33 heavy (non-hydrogen) atoms. The Labute approximate surface area is 206 Å². The molecule has 170 valence electrons. The number of nitrogens with zero attached hydrogens (tertiary/aromatic N) is 3. The molecule has 0 saturated carbocycles. The highest BCUT2D eigenvalue weighted by Gasteiger charge is 2.53. The minimum atomic E-state index is -1.05. The van der Waals surface area contributed by atoms with Crippen LogP contribution in [0.25, 0.3) is 0 Å². The van der Waals surface area contributed by atoms with Crippen LogP contribution < -0.4 is 4.90 Å². The number of Topliss-reactive ketones (excluding diaryl/α,β-unsaturated/α-hetero) is 1. The summed E-state index contributed by atoms with van der Waals surface area (Å²) in [6.07, 6.45) is 1.83. The number of ketones is 1. The van der Waals surface area contributed by atoms with E-state index in [0.29, 0.717) is 23.8 Å². The molecule has 2 aliphatic rings. The second-order valence-corrected chi connectivity index (χ2v) is 9.71. The molecule has 2 fully saturated rings. The maximum Gasteiger partial charge on any atom is 0.248 e. The zero-order chi connectivity index (χ0) is 23.0. The molecule has 1 amide bonds. The van der Waals surface area contributed by atoms with E-state index >= 15 is 0 Å². The standard InChI is InChI=1S/C24H22ClN3O3S2/c25-19-4-2-1-3-18(19)22-20(29)13-24(28(32)23(22)30,17-7-12-33-15-17)16-5-6-21(26-14-16)27-8-10-31-11-9-27/h1-7,12,14-15,22,32H,8-11,13H2. The molecule has 3 aromatic rings. The van der Waals surface area contributed by atoms with Crippen LogP contribution >= 0.6 is 35.8 Å². The highest BCUT2D eigenvalue weighted by Crippen LogP contribution is 2.48. The number of halogens is 1. The van der Waals surface area contributed by atoms with Crippen molar-refractivity contribution in [1.82, 2.24) is 9.29 Å². The quantitative estimate of drug-likeness (QED) is 0.428. The minimum absolute atomic E-state index is 0.0768. The SMILES string of the molecule is O=C1CC(c2ccc(N3CCOCC3)nc2)(c2ccsc2)N(S)C(=O)C1c1ccccc1Cl. The van der Waals surface area contributed by atoms with E-state index in [9.17, 15) is 9.59 Å². The molecule has 6 nitrogen and oxygen atoms in total. The van der Waals surface area contributed by atoms with E-state index in [0.717, 1.165) is 30.0 Å². The molecular formula is C24H22ClN3O3S2. The van der Waals surface area contributed by atoms with Gasteiger partial charge in [0.25, 0.3) is 0 Å². The van der Waals surface area contributed by atoms with Crippen LogP contribution in [-0.4, -0.2) is 47.3 Å². The molecule has 2 aliphatic heterocycles. The fourth-order valence-corrected chi connectivity index (χ4v) is 6.00. The van der Waals surface area contributed by atoms with Gasteiger partial charge in [0.1, 0.15) is 17.3 Å². The number of carbonyl (C=O) groups excluding carboxylic acids is 2. The molecule has 2 atom stereocenters. The van der Waals surface area contributed by atoms with Crippen molar-refractivity contribution in [1.29, 1.82) is 0 Å². The van der Waals surface area contributed by atoms with Gasteiger partial charge < -0.3 is 9.64 Å². The topological polar surface area (TPSA) is 62.7 Å². The summed E-state index contributed by atoms with van der Waals surface area (Å²) in [5.41, 5.74) is 1.04. The summed E-state index contributed by atoms with van der Waals surface area (Å²) in [7, 11) is 0. The first kappa shape index (κ1) is 22.4. The number of thiol groups is 1. The second kappa shape index (κ2) is 9.10. The molecule has 0 radical (unpaired) electrons. The molecule has 0 spiro atoms. The van der Waals surface area contributed by atoms with Crippen molar-refractivity contribution in [2.24, 2.45) is 0 Å². The Bertz CT molecular complexity index is 1170. The lowest BCUT2D eigenvalue weighted by atomic mass is 9.73. The van der Waals surface area contributed by atoms with Crippen molar-refractivity contribution in [3.8, 4) is 0 Å². The molecule has 2 unspecified atom stereocenters. The summed E-state index contributed by atoms with van der Waals surface area (Å²) in [5, 5.41) is 4.28. The van der Waals surface area contributed by atoms with Gasteiger partial charge in [0.05, 0.1) is 13.2 Å². The number of anilines is 1. The van der Waals surface area contributed by atoms with E-state index in [1.165, 1.54) is 15.6 Å². The number of ether oxygens (including phenoxy) is 1. The van der Waals surface area contributed by atoms with Gasteiger partial charge in [-0.05, 0) is 40.1 Å². The Morgan fingerprint density at radius 2 is 1.88 bits per heavy atom. The van der Waals surface area contributed by atoms with E-state index in [1.54, 1.807) is 30.5 Å². The summed E-state index contributed by atoms with van der Waals surface area (Å²) in [4.78, 5) is 34.0. The van der Waals surface area contributed by atoms with Crippen molar-refractivity contribution >= 4 is 53.3 Å². The smallest absolute Gasteiger partial charge is 0.248 e. The number of carbonyl (C=O) groups is 2. The van der Waals surface area contributed by atoms with E-state index in [2.05, 4.69) is 22.7 Å². The number of amides is 1. The molecule has 0 aliphatic carbocycles. The highest BCUT2D eigenvalue weighted by molar-refractivity contribution is 7.78. The van der Waals surface area contributed by atoms with Crippen LogP contribution in [-0.2, 0) is 19.9 Å². The van der Waals surface area contributed by atoms with E-state index < -0.39 is 17.4 Å². The number of benzene rings is 1. The zero-order valence-corrected chi connectivity index (χ0v) is 20.2. The summed E-state index contributed by atoms with van der Waals surface area (Å²) in [5.74, 6) is -0.729. The molecule has 0 N–H and O–H groups in total. The Balaban J connectivity index is 1.56. The van der Waals surface area contributed by atoms with Crippen LogP contribution in [0.5, 0.6) is 0 Å². The van der Waals surface area contributed by atoms with E-state index in [4.69, 9.17) is 16.3 Å². The Hall–Kier alpha value is -2.39. The number of hydrogen-bond acceptors (Lipinski definition) is 7. The molecule has 0 bridgehead atoms. The summed E-state index contributed by atoms with van der Waals surface area (Å²) in [6, 6.07) is 12.8. The van der Waals surface area contributed by atoms with Crippen LogP contribution in [0.3, 0.4) is 0 Å². The van der Waals surface area contributed by atoms with Gasteiger partial charge in [0, 0.05) is 36.3 Å². The molecule has 2 aromatic heterocycles. The molecule has 1 aromatic carbocycles. The van der Waals surface area contributed by atoms with Crippen molar-refractivity contribution in [3.05, 3.63) is 81.1 Å². The molecule has 9 heteroatoms. The lowest BCUT2D eigenvalue weighted by Gasteiger charge is -2.46. The predicted molar refractivity (Wildman–Crippen MR) is 132 cm³/mol. The van der Waals surface area contributed by atoms with Gasteiger partial charge in [-0.1, -0.05) is 48.7 Å². The lowest BCUT2D eigenvalue weighted by Crippen LogP contribution is -2.54. The van der Waals surface area contributed by atoms with Gasteiger partial charge in [-0.25, -0.2) is 4.98 Å². The van der Waals surface area contributed by atoms with Crippen molar-refractivity contribution < 1.29 is 14.3 Å². The average molecular weight is 500 g/mol. The van der Waals surface area contributed by atoms with E-state index in [1.807, 2.05) is 29.0 Å². The van der Waals surface area contributed by atoms with Gasteiger partial charge in [0.15, 0.2) is 5.78 Å². The Kier molecular flexibility index (Phi) is 6.18. The van der Waals surface area contributed by atoms with Crippen LogP contribution in [0.15, 0.2) is 59.4 Å². The van der Waals surface area contributed by atoms with Crippen LogP contribution in [0.2, 0.25) is 5.02 Å². The number of pyridine rings is 1. The third-order valence-corrected chi connectivity index (χ3v) is 7.91. The number of hydrogen-bond donors (Lipinski definition) is 1. The number of piperidine rings is 1. The average Bonchev–Trinajstić information content (AvgIpc) is 3.39. The number of morpholine rings is 1. The summed E-state index contributed by atoms with van der Waals surface area (Å²) < 4.78 is 6.83. The largest absolute Gasteiger partial charge is 0.378 e. The monoisotopic (exact) mass is 499 g/mol. The van der Waals surface area contributed by atoms with E-state index in [-0.39, 0.29) is 12.2 Å². The fraction of sp³-hybridized carbons (Fsp3) is 0.292. The first-order valence-electron chi connectivity index (χ1n) is 10.6. The van der Waals surface area contributed by atoms with Gasteiger partial charge in [-0.3, -0.25) is 13.9 Å². The third kappa shape index (κ3) is 3.85. The summed E-state index contributed by atoms with van der Waals surface area (Å²) >= 11 is 12.5. The zero-order valence-electron chi connectivity index (χ0n) is 17.7. The predicted octanol–water partition coefficient (Wildman–Crippen LogP) is 4.31. The fourth-order valence-electron chi connectivity index (χ4n) is 4.62. The maximum absolute atomic E-state index is 13.6. The first-order chi connectivity index (χ1) is 16.0.